The van der Waals surface area contributed by atoms with Crippen molar-refractivity contribution in [2.75, 3.05) is 0 Å². The molecule has 3 aromatic rings. The lowest BCUT2D eigenvalue weighted by Gasteiger charge is -2.14. The number of para-hydroxylation sites is 1. The van der Waals surface area contributed by atoms with Crippen molar-refractivity contribution in [1.29, 1.82) is 0 Å². The fourth-order valence-corrected chi connectivity index (χ4v) is 3.62. The van der Waals surface area contributed by atoms with Crippen molar-refractivity contribution in [3.05, 3.63) is 74.0 Å². The van der Waals surface area contributed by atoms with E-state index in [2.05, 4.69) is 28.9 Å². The van der Waals surface area contributed by atoms with Crippen LogP contribution in [0.25, 0.3) is 10.9 Å². The van der Waals surface area contributed by atoms with Crippen LogP contribution in [0.4, 0.5) is 0 Å². The van der Waals surface area contributed by atoms with Crippen molar-refractivity contribution >= 4 is 26.8 Å². The topological polar surface area (TPSA) is 31.2 Å². The molecule has 0 N–H and O–H groups in total. The molecular weight excluding hydrogens is 354 g/mol. The summed E-state index contributed by atoms with van der Waals surface area (Å²) in [6.07, 6.45) is 0. The number of ether oxygens (including phenoxy) is 1. The number of aromatic nitrogens is 1. The Bertz CT molecular complexity index is 921. The van der Waals surface area contributed by atoms with E-state index in [1.807, 2.05) is 37.3 Å². The summed E-state index contributed by atoms with van der Waals surface area (Å²) >= 11 is 3.56. The number of rotatable bonds is 3. The summed E-state index contributed by atoms with van der Waals surface area (Å²) in [5.41, 5.74) is 4.04. The molecule has 0 aliphatic carbocycles. The molecule has 4 heteroatoms. The highest BCUT2D eigenvalue weighted by Gasteiger charge is 2.10. The number of nitrogens with zero attached hydrogens (tertiary/aromatic N) is 1. The first-order chi connectivity index (χ1) is 11.0. The number of hydrogen-bond donors (Lipinski definition) is 0. The molecular formula is C19H18BrNO2. The zero-order valence-corrected chi connectivity index (χ0v) is 15.0. The zero-order valence-electron chi connectivity index (χ0n) is 13.4. The minimum Gasteiger partial charge on any atom is -0.487 e. The van der Waals surface area contributed by atoms with Gasteiger partial charge >= 0.3 is 0 Å². The molecule has 2 aromatic carbocycles. The van der Waals surface area contributed by atoms with Gasteiger partial charge in [-0.1, -0.05) is 24.3 Å². The third-order valence-electron chi connectivity index (χ3n) is 3.99. The number of benzene rings is 2. The van der Waals surface area contributed by atoms with E-state index in [1.54, 1.807) is 17.7 Å². The van der Waals surface area contributed by atoms with Crippen LogP contribution < -0.4 is 10.3 Å². The SMILES string of the molecule is Cc1cc(C)c(OCc2cc(=O)n(C)c3ccccc23)c(Br)c1. The molecule has 3 nitrogen and oxygen atoms in total. The highest BCUT2D eigenvalue weighted by molar-refractivity contribution is 9.10. The largest absolute Gasteiger partial charge is 0.487 e. The van der Waals surface area contributed by atoms with Gasteiger partial charge in [0, 0.05) is 24.1 Å². The minimum atomic E-state index is -0.0259. The van der Waals surface area contributed by atoms with E-state index in [0.29, 0.717) is 6.61 Å². The van der Waals surface area contributed by atoms with Gasteiger partial charge in [0.25, 0.3) is 5.56 Å². The van der Waals surface area contributed by atoms with Crippen molar-refractivity contribution in [1.82, 2.24) is 4.57 Å². The average molecular weight is 372 g/mol. The normalized spacial score (nSPS) is 11.0. The van der Waals surface area contributed by atoms with E-state index in [4.69, 9.17) is 4.74 Å². The Labute approximate surface area is 143 Å². The molecule has 0 spiro atoms. The predicted octanol–water partition coefficient (Wildman–Crippen LogP) is 4.50. The van der Waals surface area contributed by atoms with Crippen LogP contribution in [-0.2, 0) is 13.7 Å². The fraction of sp³-hybridized carbons (Fsp3) is 0.211. The first kappa shape index (κ1) is 15.8. The first-order valence-corrected chi connectivity index (χ1v) is 8.24. The lowest BCUT2D eigenvalue weighted by molar-refractivity contribution is 0.303. The molecule has 0 bridgehead atoms. The molecule has 1 aromatic heterocycles. The lowest BCUT2D eigenvalue weighted by Crippen LogP contribution is -2.17. The Morgan fingerprint density at radius 1 is 1.13 bits per heavy atom. The maximum atomic E-state index is 12.1. The highest BCUT2D eigenvalue weighted by atomic mass is 79.9. The number of aryl methyl sites for hydroxylation is 3. The van der Waals surface area contributed by atoms with E-state index in [1.165, 1.54) is 5.56 Å². The van der Waals surface area contributed by atoms with Crippen molar-refractivity contribution in [2.45, 2.75) is 20.5 Å². The molecule has 0 amide bonds. The van der Waals surface area contributed by atoms with E-state index < -0.39 is 0 Å². The highest BCUT2D eigenvalue weighted by Crippen LogP contribution is 2.31. The molecule has 0 saturated carbocycles. The van der Waals surface area contributed by atoms with Crippen molar-refractivity contribution < 1.29 is 4.74 Å². The van der Waals surface area contributed by atoms with Crippen LogP contribution in [0.5, 0.6) is 5.75 Å². The summed E-state index contributed by atoms with van der Waals surface area (Å²) in [6, 6.07) is 13.7. The van der Waals surface area contributed by atoms with Gasteiger partial charge in [-0.3, -0.25) is 4.79 Å². The Hall–Kier alpha value is -2.07. The summed E-state index contributed by atoms with van der Waals surface area (Å²) in [5, 5.41) is 1.04. The van der Waals surface area contributed by atoms with Crippen LogP contribution >= 0.6 is 15.9 Å². The van der Waals surface area contributed by atoms with Crippen molar-refractivity contribution in [3.63, 3.8) is 0 Å². The fourth-order valence-electron chi connectivity index (χ4n) is 2.83. The van der Waals surface area contributed by atoms with Crippen LogP contribution in [0.1, 0.15) is 16.7 Å². The van der Waals surface area contributed by atoms with Gasteiger partial charge in [0.2, 0.25) is 0 Å². The first-order valence-electron chi connectivity index (χ1n) is 7.44. The second-order valence-electron chi connectivity index (χ2n) is 5.77. The Kier molecular flexibility index (Phi) is 4.26. The maximum Gasteiger partial charge on any atom is 0.251 e. The Morgan fingerprint density at radius 3 is 2.61 bits per heavy atom. The molecule has 118 valence electrons. The molecule has 0 unspecified atom stereocenters. The lowest BCUT2D eigenvalue weighted by atomic mass is 10.1. The van der Waals surface area contributed by atoms with Crippen molar-refractivity contribution in [3.8, 4) is 5.75 Å². The predicted molar refractivity (Wildman–Crippen MR) is 97.1 cm³/mol. The molecule has 0 aliphatic rings. The molecule has 0 atom stereocenters. The van der Waals surface area contributed by atoms with Crippen LogP contribution in [0.2, 0.25) is 0 Å². The number of pyridine rings is 1. The van der Waals surface area contributed by atoms with Crippen LogP contribution in [0.3, 0.4) is 0 Å². The maximum absolute atomic E-state index is 12.1. The monoisotopic (exact) mass is 371 g/mol. The minimum absolute atomic E-state index is 0.0259. The van der Waals surface area contributed by atoms with Crippen LogP contribution in [-0.4, -0.2) is 4.57 Å². The summed E-state index contributed by atoms with van der Waals surface area (Å²) in [5.74, 6) is 0.820. The molecule has 1 heterocycles. The molecule has 0 fully saturated rings. The van der Waals surface area contributed by atoms with Gasteiger partial charge in [-0.25, -0.2) is 0 Å². The van der Waals surface area contributed by atoms with Crippen LogP contribution in [0, 0.1) is 13.8 Å². The zero-order chi connectivity index (χ0) is 16.6. The summed E-state index contributed by atoms with van der Waals surface area (Å²) in [6.45, 7) is 4.43. The number of halogens is 1. The van der Waals surface area contributed by atoms with Gasteiger partial charge < -0.3 is 9.30 Å². The molecule has 3 rings (SSSR count). The Balaban J connectivity index is 2.01. The van der Waals surface area contributed by atoms with E-state index in [9.17, 15) is 4.79 Å². The standard InChI is InChI=1S/C19H18BrNO2/c1-12-8-13(2)19(16(20)9-12)23-11-14-10-18(22)21(3)17-7-5-4-6-15(14)17/h4-10H,11H2,1-3H3. The quantitative estimate of drug-likeness (QED) is 0.678. The van der Waals surface area contributed by atoms with E-state index in [0.717, 1.165) is 32.3 Å². The summed E-state index contributed by atoms with van der Waals surface area (Å²) < 4.78 is 8.61. The summed E-state index contributed by atoms with van der Waals surface area (Å²) in [4.78, 5) is 12.1. The molecule has 23 heavy (non-hydrogen) atoms. The second-order valence-corrected chi connectivity index (χ2v) is 6.62. The Morgan fingerprint density at radius 2 is 1.87 bits per heavy atom. The third kappa shape index (κ3) is 3.04. The van der Waals surface area contributed by atoms with Gasteiger partial charge in [-0.2, -0.15) is 0 Å². The van der Waals surface area contributed by atoms with E-state index >= 15 is 0 Å². The second kappa shape index (κ2) is 6.20. The number of fused-ring (bicyclic) bond motifs is 1. The van der Waals surface area contributed by atoms with Gasteiger partial charge in [0.1, 0.15) is 12.4 Å². The average Bonchev–Trinajstić information content (AvgIpc) is 2.51. The van der Waals surface area contributed by atoms with Gasteiger partial charge in [0.15, 0.2) is 0 Å². The smallest absolute Gasteiger partial charge is 0.251 e. The van der Waals surface area contributed by atoms with Crippen molar-refractivity contribution in [2.24, 2.45) is 7.05 Å². The third-order valence-corrected chi connectivity index (χ3v) is 4.57. The molecule has 0 radical (unpaired) electrons. The number of hydrogen-bond acceptors (Lipinski definition) is 2. The van der Waals surface area contributed by atoms with Gasteiger partial charge in [-0.05, 0) is 53.0 Å². The molecule has 0 saturated heterocycles. The summed E-state index contributed by atoms with van der Waals surface area (Å²) in [7, 11) is 1.79. The molecule has 0 aliphatic heterocycles. The van der Waals surface area contributed by atoms with E-state index in [-0.39, 0.29) is 5.56 Å². The van der Waals surface area contributed by atoms with Gasteiger partial charge in [0.05, 0.1) is 9.99 Å². The van der Waals surface area contributed by atoms with Crippen LogP contribution in [0.15, 0.2) is 51.7 Å². The van der Waals surface area contributed by atoms with Gasteiger partial charge in [-0.15, -0.1) is 0 Å².